The van der Waals surface area contributed by atoms with Gasteiger partial charge in [-0.1, -0.05) is 12.2 Å². The highest BCUT2D eigenvalue weighted by Gasteiger charge is 1.34. The molecule has 0 aliphatic carbocycles. The second-order valence-corrected chi connectivity index (χ2v) is 0.667. The van der Waals surface area contributed by atoms with Crippen molar-refractivity contribution < 1.29 is 0 Å². The molecule has 0 nitrogen and oxygen atoms in total. The average Bonchev–Trinajstić information content (AvgIpc) is 1.37. The Morgan fingerprint density at radius 1 is 1.00 bits per heavy atom. The maximum Gasteiger partial charge on any atom is 0.187 e. The van der Waals surface area contributed by atoms with Crippen molar-refractivity contribution in [2.75, 3.05) is 0 Å². The molecular formula is C4H11Al. The van der Waals surface area contributed by atoms with Crippen LogP contribution in [0.4, 0.5) is 0 Å². The van der Waals surface area contributed by atoms with Crippen LogP contribution in [0.2, 0.25) is 0 Å². The first-order valence-corrected chi connectivity index (χ1v) is 1.49. The Hall–Kier alpha value is 0.272. The Bertz CT molecular complexity index is 18.8. The molecule has 0 unspecified atom stereocenters. The van der Waals surface area contributed by atoms with E-state index in [0.29, 0.717) is 0 Å². The van der Waals surface area contributed by atoms with Crippen LogP contribution >= 0.6 is 0 Å². The van der Waals surface area contributed by atoms with Crippen molar-refractivity contribution in [2.45, 2.75) is 13.8 Å². The van der Waals surface area contributed by atoms with Gasteiger partial charge in [-0.3, -0.25) is 0 Å². The highest BCUT2D eigenvalue weighted by atomic mass is 27.0. The summed E-state index contributed by atoms with van der Waals surface area (Å²) >= 11 is 0. The zero-order chi connectivity index (χ0) is 3.41. The molecule has 0 amide bonds. The maximum atomic E-state index is 2.00. The largest absolute Gasteiger partial charge is 0.187 e. The van der Waals surface area contributed by atoms with Gasteiger partial charge in [0.15, 0.2) is 17.4 Å². The molecule has 0 fully saturated rings. The lowest BCUT2D eigenvalue weighted by Crippen LogP contribution is -1.26. The third-order valence-electron chi connectivity index (χ3n) is 0.333. The molecule has 0 aromatic heterocycles. The van der Waals surface area contributed by atoms with Gasteiger partial charge in [0, 0.05) is 0 Å². The lowest BCUT2D eigenvalue weighted by molar-refractivity contribution is 1.64. The zero-order valence-electron chi connectivity index (χ0n) is 3.15. The highest BCUT2D eigenvalue weighted by Crippen LogP contribution is 1.57. The molecule has 0 spiro atoms. The van der Waals surface area contributed by atoms with Crippen LogP contribution in [0.3, 0.4) is 0 Å². The fourth-order valence-electron chi connectivity index (χ4n) is 0. The number of rotatable bonds is 0. The molecule has 0 aromatic rings. The van der Waals surface area contributed by atoms with Crippen LogP contribution in [0.5, 0.6) is 0 Å². The topological polar surface area (TPSA) is 0 Å². The predicted molar refractivity (Wildman–Crippen MR) is 30.4 cm³/mol. The van der Waals surface area contributed by atoms with E-state index in [4.69, 9.17) is 0 Å². The van der Waals surface area contributed by atoms with Gasteiger partial charge in [-0.05, 0) is 13.8 Å². The van der Waals surface area contributed by atoms with E-state index in [1.165, 1.54) is 0 Å². The summed E-state index contributed by atoms with van der Waals surface area (Å²) in [5.41, 5.74) is 0. The Labute approximate surface area is 44.0 Å². The van der Waals surface area contributed by atoms with Gasteiger partial charge < -0.3 is 0 Å². The van der Waals surface area contributed by atoms with Gasteiger partial charge in [-0.15, -0.1) is 0 Å². The molecule has 0 saturated carbocycles. The van der Waals surface area contributed by atoms with Crippen LogP contribution in [0.1, 0.15) is 13.8 Å². The molecule has 0 radical (unpaired) electrons. The van der Waals surface area contributed by atoms with Gasteiger partial charge in [0.25, 0.3) is 0 Å². The minimum Gasteiger partial charge on any atom is -0.0919 e. The van der Waals surface area contributed by atoms with Gasteiger partial charge in [0.2, 0.25) is 0 Å². The van der Waals surface area contributed by atoms with Crippen LogP contribution in [0.15, 0.2) is 12.2 Å². The molecule has 0 saturated heterocycles. The van der Waals surface area contributed by atoms with E-state index in [2.05, 4.69) is 0 Å². The fourth-order valence-corrected chi connectivity index (χ4v) is 0. The standard InChI is InChI=1S/C4H8.Al.3H/c1-3-4-2;;;;/h3-4H,1-2H3;;;;. The smallest absolute Gasteiger partial charge is 0.0919 e. The van der Waals surface area contributed by atoms with Crippen molar-refractivity contribution in [3.8, 4) is 0 Å². The van der Waals surface area contributed by atoms with E-state index in [-0.39, 0.29) is 17.4 Å². The summed E-state index contributed by atoms with van der Waals surface area (Å²) in [7, 11) is 0. The third-order valence-corrected chi connectivity index (χ3v) is 0.333. The second-order valence-electron chi connectivity index (χ2n) is 0.667. The van der Waals surface area contributed by atoms with Gasteiger partial charge in [0.05, 0.1) is 0 Å². The fraction of sp³-hybridized carbons (Fsp3) is 0.500. The van der Waals surface area contributed by atoms with Crippen molar-refractivity contribution in [2.24, 2.45) is 0 Å². The van der Waals surface area contributed by atoms with E-state index >= 15 is 0 Å². The first-order chi connectivity index (χ1) is 1.91. The average molecular weight is 86.1 g/mol. The summed E-state index contributed by atoms with van der Waals surface area (Å²) in [5.74, 6) is 0. The van der Waals surface area contributed by atoms with Crippen LogP contribution in [0, 0.1) is 0 Å². The summed E-state index contributed by atoms with van der Waals surface area (Å²) in [6.45, 7) is 4.00. The Morgan fingerprint density at radius 3 is 1.20 bits per heavy atom. The van der Waals surface area contributed by atoms with Crippen LogP contribution in [-0.4, -0.2) is 17.4 Å². The molecule has 0 aliphatic rings. The molecule has 0 bridgehead atoms. The first kappa shape index (κ1) is 8.99. The van der Waals surface area contributed by atoms with E-state index in [0.717, 1.165) is 0 Å². The molecule has 0 heterocycles. The van der Waals surface area contributed by atoms with E-state index in [1.807, 2.05) is 26.0 Å². The van der Waals surface area contributed by atoms with E-state index < -0.39 is 0 Å². The first-order valence-electron chi connectivity index (χ1n) is 1.49. The van der Waals surface area contributed by atoms with E-state index in [9.17, 15) is 0 Å². The minimum atomic E-state index is 0. The lowest BCUT2D eigenvalue weighted by Gasteiger charge is -1.49. The quantitative estimate of drug-likeness (QED) is 0.295. The number of hydrogen-bond donors (Lipinski definition) is 0. The molecule has 0 aliphatic heterocycles. The van der Waals surface area contributed by atoms with Crippen molar-refractivity contribution in [1.82, 2.24) is 0 Å². The van der Waals surface area contributed by atoms with Gasteiger partial charge in [-0.2, -0.15) is 0 Å². The van der Waals surface area contributed by atoms with Gasteiger partial charge in [0.1, 0.15) is 0 Å². The van der Waals surface area contributed by atoms with Crippen LogP contribution < -0.4 is 0 Å². The Morgan fingerprint density at radius 2 is 1.20 bits per heavy atom. The molecule has 30 valence electrons. The van der Waals surface area contributed by atoms with E-state index in [1.54, 1.807) is 0 Å². The van der Waals surface area contributed by atoms with Crippen molar-refractivity contribution in [1.29, 1.82) is 0 Å². The van der Waals surface area contributed by atoms with Crippen molar-refractivity contribution >= 4 is 17.4 Å². The molecule has 1 heteroatoms. The maximum absolute atomic E-state index is 2.00. The second kappa shape index (κ2) is 8.86. The number of hydrogen-bond acceptors (Lipinski definition) is 0. The lowest BCUT2D eigenvalue weighted by atomic mass is 10.6. The monoisotopic (exact) mass is 86.1 g/mol. The SMILES string of the molecule is CC=CC.[AlH3]. The van der Waals surface area contributed by atoms with Gasteiger partial charge >= 0.3 is 0 Å². The number of allylic oxidation sites excluding steroid dienone is 2. The molecule has 5 heavy (non-hydrogen) atoms. The highest BCUT2D eigenvalue weighted by molar-refractivity contribution is 5.75. The molecule has 0 aromatic carbocycles. The Kier molecular flexibility index (Phi) is 15.9. The molecular weight excluding hydrogens is 75.0 g/mol. The summed E-state index contributed by atoms with van der Waals surface area (Å²) in [5, 5.41) is 0. The summed E-state index contributed by atoms with van der Waals surface area (Å²) in [6.07, 6.45) is 4.00. The van der Waals surface area contributed by atoms with Crippen LogP contribution in [0.25, 0.3) is 0 Å². The normalized spacial score (nSPS) is 7.60. The minimum absolute atomic E-state index is 0. The molecule has 0 atom stereocenters. The van der Waals surface area contributed by atoms with Crippen molar-refractivity contribution in [3.05, 3.63) is 12.2 Å². The third kappa shape index (κ3) is 13.6. The predicted octanol–water partition coefficient (Wildman–Crippen LogP) is 0.398. The molecule has 0 rings (SSSR count). The summed E-state index contributed by atoms with van der Waals surface area (Å²) in [4.78, 5) is 0. The van der Waals surface area contributed by atoms with Crippen molar-refractivity contribution in [3.63, 3.8) is 0 Å². The van der Waals surface area contributed by atoms with Crippen LogP contribution in [-0.2, 0) is 0 Å². The summed E-state index contributed by atoms with van der Waals surface area (Å²) < 4.78 is 0. The summed E-state index contributed by atoms with van der Waals surface area (Å²) in [6, 6.07) is 0. The zero-order valence-corrected chi connectivity index (χ0v) is 3.15. The van der Waals surface area contributed by atoms with Gasteiger partial charge in [-0.25, -0.2) is 0 Å². The Balaban J connectivity index is 0. The molecule has 0 N–H and O–H groups in total.